The van der Waals surface area contributed by atoms with Crippen LogP contribution in [0.2, 0.25) is 0 Å². The van der Waals surface area contributed by atoms with Crippen LogP contribution in [0.25, 0.3) is 0 Å². The standard InChI is InChI=1S/C11H13NS/c1-8-4-5-11(9(2)6-8)13-10(3)7-12/h4-6,10H,1-3H3. The average Bonchev–Trinajstić information content (AvgIpc) is 2.09. The lowest BCUT2D eigenvalue weighted by molar-refractivity contribution is 1.21. The van der Waals surface area contributed by atoms with Crippen molar-refractivity contribution in [2.75, 3.05) is 0 Å². The molecular weight excluding hydrogens is 178 g/mol. The van der Waals surface area contributed by atoms with Crippen LogP contribution in [0.15, 0.2) is 23.1 Å². The van der Waals surface area contributed by atoms with E-state index in [-0.39, 0.29) is 5.25 Å². The van der Waals surface area contributed by atoms with Gasteiger partial charge in [-0.25, -0.2) is 0 Å². The molecule has 0 fully saturated rings. The maximum Gasteiger partial charge on any atom is 0.0935 e. The zero-order valence-corrected chi connectivity index (χ0v) is 8.98. The molecule has 2 heteroatoms. The lowest BCUT2D eigenvalue weighted by Crippen LogP contribution is -1.91. The average molecular weight is 191 g/mol. The van der Waals surface area contributed by atoms with Crippen LogP contribution in [0.4, 0.5) is 0 Å². The van der Waals surface area contributed by atoms with Crippen molar-refractivity contribution in [2.24, 2.45) is 0 Å². The third-order valence-electron chi connectivity index (χ3n) is 1.82. The van der Waals surface area contributed by atoms with Crippen LogP contribution in [0.1, 0.15) is 18.1 Å². The summed E-state index contributed by atoms with van der Waals surface area (Å²) in [5.74, 6) is 0. The van der Waals surface area contributed by atoms with Gasteiger partial charge in [-0.2, -0.15) is 5.26 Å². The van der Waals surface area contributed by atoms with Gasteiger partial charge in [0.2, 0.25) is 0 Å². The first-order valence-electron chi connectivity index (χ1n) is 4.27. The van der Waals surface area contributed by atoms with Crippen molar-refractivity contribution in [3.63, 3.8) is 0 Å². The molecule has 0 heterocycles. The van der Waals surface area contributed by atoms with Gasteiger partial charge in [-0.05, 0) is 32.4 Å². The molecule has 0 aliphatic heterocycles. The second-order valence-corrected chi connectivity index (χ2v) is 4.54. The number of rotatable bonds is 2. The maximum absolute atomic E-state index is 8.67. The summed E-state index contributed by atoms with van der Waals surface area (Å²) in [6.45, 7) is 6.08. The number of benzene rings is 1. The van der Waals surface area contributed by atoms with E-state index in [2.05, 4.69) is 38.1 Å². The predicted octanol–water partition coefficient (Wildman–Crippen LogP) is 3.31. The van der Waals surface area contributed by atoms with Crippen LogP contribution < -0.4 is 0 Å². The molecule has 0 aromatic heterocycles. The number of nitriles is 1. The van der Waals surface area contributed by atoms with Crippen molar-refractivity contribution in [2.45, 2.75) is 30.9 Å². The zero-order valence-electron chi connectivity index (χ0n) is 8.16. The molecule has 0 N–H and O–H groups in total. The third kappa shape index (κ3) is 2.78. The monoisotopic (exact) mass is 191 g/mol. The molecular formula is C11H13NS. The Morgan fingerprint density at radius 3 is 2.62 bits per heavy atom. The Bertz CT molecular complexity index is 338. The smallest absolute Gasteiger partial charge is 0.0935 e. The first kappa shape index (κ1) is 10.1. The van der Waals surface area contributed by atoms with Crippen LogP contribution in [0, 0.1) is 25.2 Å². The quantitative estimate of drug-likeness (QED) is 0.670. The fourth-order valence-electron chi connectivity index (χ4n) is 1.15. The second-order valence-electron chi connectivity index (χ2n) is 3.16. The normalized spacial score (nSPS) is 12.2. The van der Waals surface area contributed by atoms with E-state index < -0.39 is 0 Å². The molecule has 1 aromatic carbocycles. The van der Waals surface area contributed by atoms with E-state index in [0.717, 1.165) is 0 Å². The maximum atomic E-state index is 8.67. The highest BCUT2D eigenvalue weighted by atomic mass is 32.2. The highest BCUT2D eigenvalue weighted by molar-refractivity contribution is 8.00. The number of hydrogen-bond donors (Lipinski definition) is 0. The van der Waals surface area contributed by atoms with E-state index in [4.69, 9.17) is 5.26 Å². The Hall–Kier alpha value is -0.940. The molecule has 1 atom stereocenters. The lowest BCUT2D eigenvalue weighted by atomic mass is 10.2. The van der Waals surface area contributed by atoms with Crippen LogP contribution in [-0.4, -0.2) is 5.25 Å². The summed E-state index contributed by atoms with van der Waals surface area (Å²) in [5, 5.41) is 8.70. The van der Waals surface area contributed by atoms with Crippen LogP contribution in [0.3, 0.4) is 0 Å². The number of aryl methyl sites for hydroxylation is 2. The molecule has 0 spiro atoms. The molecule has 0 saturated heterocycles. The van der Waals surface area contributed by atoms with E-state index in [1.54, 1.807) is 11.8 Å². The minimum Gasteiger partial charge on any atom is -0.197 e. The van der Waals surface area contributed by atoms with Gasteiger partial charge in [-0.15, -0.1) is 11.8 Å². The second kappa shape index (κ2) is 4.34. The van der Waals surface area contributed by atoms with Crippen molar-refractivity contribution < 1.29 is 0 Å². The molecule has 0 aliphatic carbocycles. The topological polar surface area (TPSA) is 23.8 Å². The van der Waals surface area contributed by atoms with Crippen LogP contribution >= 0.6 is 11.8 Å². The molecule has 1 aromatic rings. The van der Waals surface area contributed by atoms with E-state index in [9.17, 15) is 0 Å². The Morgan fingerprint density at radius 2 is 2.08 bits per heavy atom. The SMILES string of the molecule is Cc1ccc(SC(C)C#N)c(C)c1. The van der Waals surface area contributed by atoms with Gasteiger partial charge in [0.25, 0.3) is 0 Å². The summed E-state index contributed by atoms with van der Waals surface area (Å²) < 4.78 is 0. The summed E-state index contributed by atoms with van der Waals surface area (Å²) in [5.41, 5.74) is 2.53. The fraction of sp³-hybridized carbons (Fsp3) is 0.364. The molecule has 1 rings (SSSR count). The van der Waals surface area contributed by atoms with E-state index in [0.29, 0.717) is 0 Å². The van der Waals surface area contributed by atoms with E-state index in [1.807, 2.05) is 6.92 Å². The number of hydrogen-bond acceptors (Lipinski definition) is 2. The molecule has 1 nitrogen and oxygen atoms in total. The third-order valence-corrected chi connectivity index (χ3v) is 2.99. The minimum absolute atomic E-state index is 0.0291. The van der Waals surface area contributed by atoms with Gasteiger partial charge >= 0.3 is 0 Å². The van der Waals surface area contributed by atoms with E-state index >= 15 is 0 Å². The number of thioether (sulfide) groups is 1. The van der Waals surface area contributed by atoms with Gasteiger partial charge in [0, 0.05) is 4.90 Å². The molecule has 1 unspecified atom stereocenters. The van der Waals surface area contributed by atoms with Crippen molar-refractivity contribution in [1.82, 2.24) is 0 Å². The molecule has 68 valence electrons. The summed E-state index contributed by atoms with van der Waals surface area (Å²) in [4.78, 5) is 1.21. The van der Waals surface area contributed by atoms with Gasteiger partial charge < -0.3 is 0 Å². The fourth-order valence-corrected chi connectivity index (χ4v) is 1.97. The summed E-state index contributed by atoms with van der Waals surface area (Å²) in [6.07, 6.45) is 0. The predicted molar refractivity (Wildman–Crippen MR) is 56.8 cm³/mol. The molecule has 0 saturated carbocycles. The highest BCUT2D eigenvalue weighted by Crippen LogP contribution is 2.26. The molecule has 0 bridgehead atoms. The molecule has 0 aliphatic rings. The molecule has 0 radical (unpaired) electrons. The highest BCUT2D eigenvalue weighted by Gasteiger charge is 2.04. The van der Waals surface area contributed by atoms with E-state index in [1.165, 1.54) is 16.0 Å². The van der Waals surface area contributed by atoms with Crippen molar-refractivity contribution in [3.8, 4) is 6.07 Å². The van der Waals surface area contributed by atoms with Gasteiger partial charge in [0.15, 0.2) is 0 Å². The Balaban J connectivity index is 2.85. The van der Waals surface area contributed by atoms with Gasteiger partial charge in [-0.1, -0.05) is 17.7 Å². The van der Waals surface area contributed by atoms with Crippen LogP contribution in [-0.2, 0) is 0 Å². The summed E-state index contributed by atoms with van der Waals surface area (Å²) in [7, 11) is 0. The number of nitrogens with zero attached hydrogens (tertiary/aromatic N) is 1. The Kier molecular flexibility index (Phi) is 3.39. The van der Waals surface area contributed by atoms with Crippen molar-refractivity contribution >= 4 is 11.8 Å². The minimum atomic E-state index is 0.0291. The Morgan fingerprint density at radius 1 is 1.38 bits per heavy atom. The summed E-state index contributed by atoms with van der Waals surface area (Å²) in [6, 6.07) is 8.53. The molecule has 0 amide bonds. The first-order chi connectivity index (χ1) is 6.13. The van der Waals surface area contributed by atoms with Gasteiger partial charge in [-0.3, -0.25) is 0 Å². The molecule has 13 heavy (non-hydrogen) atoms. The Labute approximate surface area is 83.8 Å². The largest absolute Gasteiger partial charge is 0.197 e. The van der Waals surface area contributed by atoms with Gasteiger partial charge in [0.05, 0.1) is 11.3 Å². The van der Waals surface area contributed by atoms with Gasteiger partial charge in [0.1, 0.15) is 0 Å². The first-order valence-corrected chi connectivity index (χ1v) is 5.15. The van der Waals surface area contributed by atoms with Crippen LogP contribution in [0.5, 0.6) is 0 Å². The zero-order chi connectivity index (χ0) is 9.84. The summed E-state index contributed by atoms with van der Waals surface area (Å²) >= 11 is 1.62. The van der Waals surface area contributed by atoms with Crippen molar-refractivity contribution in [3.05, 3.63) is 29.3 Å². The van der Waals surface area contributed by atoms with Crippen molar-refractivity contribution in [1.29, 1.82) is 5.26 Å². The lowest BCUT2D eigenvalue weighted by Gasteiger charge is -2.06.